The summed E-state index contributed by atoms with van der Waals surface area (Å²) in [6.45, 7) is 2.31. The van der Waals surface area contributed by atoms with Crippen molar-refractivity contribution in [3.8, 4) is 11.5 Å². The highest BCUT2D eigenvalue weighted by Gasteiger charge is 2.12. The molecule has 33 heavy (non-hydrogen) atoms. The average Bonchev–Trinajstić information content (AvgIpc) is 3.21. The Bertz CT molecular complexity index is 1150. The zero-order chi connectivity index (χ0) is 23.8. The second kappa shape index (κ2) is 12.1. The minimum absolute atomic E-state index is 0.113. The molecule has 0 unspecified atom stereocenters. The number of carbonyl (C=O) groups excluding carboxylic acids is 1. The number of ether oxygens (including phenoxy) is 3. The summed E-state index contributed by atoms with van der Waals surface area (Å²) in [5, 5.41) is 7.95. The Morgan fingerprint density at radius 1 is 1.18 bits per heavy atom. The number of nitrogens with zero attached hydrogens (tertiary/aromatic N) is 2. The van der Waals surface area contributed by atoms with Crippen LogP contribution in [0.4, 0.5) is 5.13 Å². The van der Waals surface area contributed by atoms with E-state index >= 15 is 0 Å². The first-order valence-electron chi connectivity index (χ1n) is 9.73. The van der Waals surface area contributed by atoms with Crippen LogP contribution in [0, 0.1) is 0 Å². The van der Waals surface area contributed by atoms with Gasteiger partial charge in [0.25, 0.3) is 0 Å². The van der Waals surface area contributed by atoms with Crippen molar-refractivity contribution in [1.82, 2.24) is 4.98 Å². The van der Waals surface area contributed by atoms with Crippen LogP contribution in [-0.2, 0) is 22.6 Å². The largest absolute Gasteiger partial charge is 0.493 e. The Balaban J connectivity index is 1.65. The van der Waals surface area contributed by atoms with Gasteiger partial charge in [-0.15, -0.1) is 11.3 Å². The van der Waals surface area contributed by atoms with E-state index in [4.69, 9.17) is 49.0 Å². The second-order valence-electron chi connectivity index (χ2n) is 6.54. The first-order chi connectivity index (χ1) is 15.9. The highest BCUT2D eigenvalue weighted by Crippen LogP contribution is 2.34. The molecule has 0 fully saturated rings. The van der Waals surface area contributed by atoms with Crippen molar-refractivity contribution >= 4 is 63.5 Å². The number of benzene rings is 2. The fraction of sp³-hybridized carbons (Fsp3) is 0.227. The number of hydrogen-bond acceptors (Lipinski definition) is 8. The fourth-order valence-corrected chi connectivity index (χ4v) is 4.00. The summed E-state index contributed by atoms with van der Waals surface area (Å²) < 4.78 is 16.2. The highest BCUT2D eigenvalue weighted by molar-refractivity contribution is 7.13. The SMILES string of the molecule is CCOC(=O)Cc1csc(NN=Cc2cc(OC)c(OCc3ccc(Cl)cc3Cl)cc2Cl)n1. The van der Waals surface area contributed by atoms with Gasteiger partial charge in [-0.3, -0.25) is 10.2 Å². The van der Waals surface area contributed by atoms with Crippen LogP contribution in [0.2, 0.25) is 15.1 Å². The van der Waals surface area contributed by atoms with Crippen LogP contribution in [0.15, 0.2) is 40.8 Å². The standard InChI is InChI=1S/C22H20Cl3N3O4S/c1-3-31-21(29)8-16-12-33-22(27-16)28-26-10-14-6-19(30-2)20(9-18(14)25)32-11-13-4-5-15(23)7-17(13)24/h4-7,9-10,12H,3,8,11H2,1-2H3,(H,27,28). The van der Waals surface area contributed by atoms with Crippen LogP contribution in [0.25, 0.3) is 0 Å². The molecule has 11 heteroatoms. The minimum Gasteiger partial charge on any atom is -0.493 e. The van der Waals surface area contributed by atoms with E-state index in [9.17, 15) is 4.79 Å². The monoisotopic (exact) mass is 527 g/mol. The number of hydrazone groups is 1. The molecule has 0 bridgehead atoms. The molecule has 0 aliphatic carbocycles. The lowest BCUT2D eigenvalue weighted by atomic mass is 10.2. The molecule has 2 aromatic carbocycles. The summed E-state index contributed by atoms with van der Waals surface area (Å²) in [6.07, 6.45) is 1.65. The maximum Gasteiger partial charge on any atom is 0.311 e. The van der Waals surface area contributed by atoms with Crippen molar-refractivity contribution in [1.29, 1.82) is 0 Å². The van der Waals surface area contributed by atoms with Crippen molar-refractivity contribution in [2.24, 2.45) is 5.10 Å². The van der Waals surface area contributed by atoms with E-state index < -0.39 is 0 Å². The van der Waals surface area contributed by atoms with E-state index in [0.717, 1.165) is 5.56 Å². The van der Waals surface area contributed by atoms with Gasteiger partial charge in [0.15, 0.2) is 11.5 Å². The van der Waals surface area contributed by atoms with E-state index in [1.54, 1.807) is 42.6 Å². The molecule has 0 saturated carbocycles. The normalized spacial score (nSPS) is 10.9. The Labute approximate surface area is 210 Å². The second-order valence-corrected chi connectivity index (χ2v) is 8.65. The van der Waals surface area contributed by atoms with E-state index in [-0.39, 0.29) is 19.0 Å². The number of nitrogens with one attached hydrogen (secondary N) is 1. The van der Waals surface area contributed by atoms with Gasteiger partial charge >= 0.3 is 5.97 Å². The Kier molecular flexibility index (Phi) is 9.20. The fourth-order valence-electron chi connectivity index (χ4n) is 2.67. The summed E-state index contributed by atoms with van der Waals surface area (Å²) in [6, 6.07) is 8.54. The third kappa shape index (κ3) is 7.23. The molecule has 174 valence electrons. The van der Waals surface area contributed by atoms with Gasteiger partial charge in [-0.25, -0.2) is 4.98 Å². The van der Waals surface area contributed by atoms with E-state index in [0.29, 0.717) is 49.6 Å². The molecule has 0 saturated heterocycles. The molecule has 0 atom stereocenters. The van der Waals surface area contributed by atoms with Crippen molar-refractivity contribution in [3.05, 3.63) is 67.6 Å². The van der Waals surface area contributed by atoms with Crippen molar-refractivity contribution in [3.63, 3.8) is 0 Å². The Hall–Kier alpha value is -2.52. The smallest absolute Gasteiger partial charge is 0.311 e. The van der Waals surface area contributed by atoms with Crippen LogP contribution in [-0.4, -0.2) is 30.9 Å². The van der Waals surface area contributed by atoms with Gasteiger partial charge in [-0.1, -0.05) is 40.9 Å². The molecular formula is C22H20Cl3N3O4S. The Morgan fingerprint density at radius 3 is 2.73 bits per heavy atom. The van der Waals surface area contributed by atoms with Crippen LogP contribution < -0.4 is 14.9 Å². The van der Waals surface area contributed by atoms with E-state index in [1.165, 1.54) is 24.7 Å². The number of hydrogen-bond donors (Lipinski definition) is 1. The molecule has 0 spiro atoms. The van der Waals surface area contributed by atoms with Crippen molar-refractivity contribution < 1.29 is 19.0 Å². The Morgan fingerprint density at radius 2 is 2.00 bits per heavy atom. The maximum absolute atomic E-state index is 11.5. The third-order valence-electron chi connectivity index (χ3n) is 4.23. The number of methoxy groups -OCH3 is 1. The molecule has 1 heterocycles. The van der Waals surface area contributed by atoms with Crippen LogP contribution in [0.5, 0.6) is 11.5 Å². The number of carbonyl (C=O) groups is 1. The molecular weight excluding hydrogens is 509 g/mol. The summed E-state index contributed by atoms with van der Waals surface area (Å²) in [5.74, 6) is 0.622. The number of aromatic nitrogens is 1. The summed E-state index contributed by atoms with van der Waals surface area (Å²) >= 11 is 19.9. The first kappa shape index (κ1) is 25.1. The molecule has 1 aromatic heterocycles. The maximum atomic E-state index is 11.5. The number of esters is 1. The number of halogens is 3. The molecule has 1 N–H and O–H groups in total. The van der Waals surface area contributed by atoms with Gasteiger partial charge in [-0.2, -0.15) is 5.10 Å². The zero-order valence-corrected chi connectivity index (χ0v) is 20.8. The predicted octanol–water partition coefficient (Wildman–Crippen LogP) is 6.24. The lowest BCUT2D eigenvalue weighted by molar-refractivity contribution is -0.142. The lowest BCUT2D eigenvalue weighted by Gasteiger charge is -2.13. The number of anilines is 1. The van der Waals surface area contributed by atoms with Crippen molar-refractivity contribution in [2.75, 3.05) is 19.1 Å². The molecule has 0 aliphatic heterocycles. The van der Waals surface area contributed by atoms with E-state index in [2.05, 4.69) is 15.5 Å². The minimum atomic E-state index is -0.322. The van der Waals surface area contributed by atoms with Gasteiger partial charge < -0.3 is 14.2 Å². The van der Waals surface area contributed by atoms with Gasteiger partial charge in [0.2, 0.25) is 5.13 Å². The van der Waals surface area contributed by atoms with E-state index in [1.807, 2.05) is 0 Å². The van der Waals surface area contributed by atoms with Crippen molar-refractivity contribution in [2.45, 2.75) is 20.0 Å². The van der Waals surface area contributed by atoms with Gasteiger partial charge in [0, 0.05) is 32.6 Å². The molecule has 0 amide bonds. The van der Waals surface area contributed by atoms with Gasteiger partial charge in [0.05, 0.1) is 37.1 Å². The molecule has 3 rings (SSSR count). The first-order valence-corrected chi connectivity index (χ1v) is 11.7. The molecule has 3 aromatic rings. The van der Waals surface area contributed by atoms with Crippen LogP contribution in [0.3, 0.4) is 0 Å². The third-order valence-corrected chi connectivity index (χ3v) is 5.94. The highest BCUT2D eigenvalue weighted by atomic mass is 35.5. The quantitative estimate of drug-likeness (QED) is 0.190. The molecule has 7 nitrogen and oxygen atoms in total. The van der Waals surface area contributed by atoms with Gasteiger partial charge in [-0.05, 0) is 25.1 Å². The average molecular weight is 529 g/mol. The predicted molar refractivity (Wildman–Crippen MR) is 132 cm³/mol. The van der Waals surface area contributed by atoms with Gasteiger partial charge in [0.1, 0.15) is 6.61 Å². The summed E-state index contributed by atoms with van der Waals surface area (Å²) in [4.78, 5) is 15.8. The number of rotatable bonds is 10. The molecule has 0 radical (unpaired) electrons. The van der Waals surface area contributed by atoms with Crippen LogP contribution in [0.1, 0.15) is 23.7 Å². The zero-order valence-electron chi connectivity index (χ0n) is 17.7. The topological polar surface area (TPSA) is 82.0 Å². The summed E-state index contributed by atoms with van der Waals surface area (Å²) in [7, 11) is 1.53. The van der Waals surface area contributed by atoms with Crippen LogP contribution >= 0.6 is 46.1 Å². The lowest BCUT2D eigenvalue weighted by Crippen LogP contribution is -2.07. The number of thiazole rings is 1. The molecule has 0 aliphatic rings. The summed E-state index contributed by atoms with van der Waals surface area (Å²) in [5.41, 5.74) is 4.82.